The van der Waals surface area contributed by atoms with E-state index in [0.717, 1.165) is 11.1 Å². The van der Waals surface area contributed by atoms with Crippen molar-refractivity contribution >= 4 is 6.03 Å². The fraction of sp³-hybridized carbons (Fsp3) is 0.200. The van der Waals surface area contributed by atoms with Gasteiger partial charge in [-0.25, -0.2) is 4.79 Å². The normalized spacial score (nSPS) is 10.2. The number of carbonyl (C=O) groups excluding carboxylic acids is 1. The summed E-state index contributed by atoms with van der Waals surface area (Å²) >= 11 is 0. The summed E-state index contributed by atoms with van der Waals surface area (Å²) in [6.07, 6.45) is 6.62. The highest BCUT2D eigenvalue weighted by Gasteiger charge is 2.10. The molecule has 2 N–H and O–H groups in total. The van der Waals surface area contributed by atoms with Gasteiger partial charge in [-0.2, -0.15) is 0 Å². The molecule has 0 atom stereocenters. The first-order chi connectivity index (χ1) is 13.7. The van der Waals surface area contributed by atoms with Crippen LogP contribution in [0.15, 0.2) is 55.1 Å². The Morgan fingerprint density at radius 3 is 2.50 bits per heavy atom. The Morgan fingerprint density at radius 2 is 1.75 bits per heavy atom. The lowest BCUT2D eigenvalue weighted by Crippen LogP contribution is -2.35. The van der Waals surface area contributed by atoms with Crippen molar-refractivity contribution in [1.29, 1.82) is 0 Å². The van der Waals surface area contributed by atoms with E-state index in [1.807, 2.05) is 24.3 Å². The first-order valence-corrected chi connectivity index (χ1v) is 8.64. The summed E-state index contributed by atoms with van der Waals surface area (Å²) in [5.41, 5.74) is 3.09. The van der Waals surface area contributed by atoms with Crippen molar-refractivity contribution in [1.82, 2.24) is 25.6 Å². The molecule has 0 spiro atoms. The number of carbonyl (C=O) groups is 1. The van der Waals surface area contributed by atoms with Gasteiger partial charge in [0.1, 0.15) is 0 Å². The molecule has 8 nitrogen and oxygen atoms in total. The van der Waals surface area contributed by atoms with Crippen LogP contribution in [-0.2, 0) is 13.1 Å². The zero-order chi connectivity index (χ0) is 19.8. The minimum absolute atomic E-state index is 0.246. The number of rotatable bonds is 7. The molecule has 0 unspecified atom stereocenters. The number of pyridine rings is 1. The molecule has 0 aliphatic carbocycles. The molecule has 0 aliphatic heterocycles. The molecule has 3 rings (SSSR count). The van der Waals surface area contributed by atoms with Crippen LogP contribution in [0.3, 0.4) is 0 Å². The van der Waals surface area contributed by atoms with Crippen molar-refractivity contribution in [2.45, 2.75) is 13.1 Å². The van der Waals surface area contributed by atoms with E-state index in [1.54, 1.807) is 45.1 Å². The number of urea groups is 1. The molecule has 0 radical (unpaired) electrons. The average Bonchev–Trinajstić information content (AvgIpc) is 2.76. The summed E-state index contributed by atoms with van der Waals surface area (Å²) < 4.78 is 10.5. The summed E-state index contributed by atoms with van der Waals surface area (Å²) in [5, 5.41) is 5.61. The molecule has 0 aliphatic rings. The number of amides is 2. The summed E-state index contributed by atoms with van der Waals surface area (Å²) in [7, 11) is 3.15. The van der Waals surface area contributed by atoms with Crippen molar-refractivity contribution in [3.63, 3.8) is 0 Å². The highest BCUT2D eigenvalue weighted by molar-refractivity contribution is 5.74. The van der Waals surface area contributed by atoms with Crippen molar-refractivity contribution in [2.75, 3.05) is 14.2 Å². The second-order valence-electron chi connectivity index (χ2n) is 5.82. The van der Waals surface area contributed by atoms with E-state index in [9.17, 15) is 4.79 Å². The van der Waals surface area contributed by atoms with E-state index >= 15 is 0 Å². The lowest BCUT2D eigenvalue weighted by Gasteiger charge is -2.12. The Morgan fingerprint density at radius 1 is 0.964 bits per heavy atom. The van der Waals surface area contributed by atoms with Crippen LogP contribution in [0.4, 0.5) is 4.79 Å². The zero-order valence-electron chi connectivity index (χ0n) is 15.7. The third kappa shape index (κ3) is 4.73. The number of hydrogen-bond acceptors (Lipinski definition) is 6. The summed E-state index contributed by atoms with van der Waals surface area (Å²) in [6.45, 7) is 0.595. The molecule has 2 amide bonds. The Bertz CT molecular complexity index is 934. The molecule has 0 saturated carbocycles. The second kappa shape index (κ2) is 9.31. The maximum atomic E-state index is 12.2. The van der Waals surface area contributed by atoms with Gasteiger partial charge in [-0.05, 0) is 29.8 Å². The maximum absolute atomic E-state index is 12.2. The van der Waals surface area contributed by atoms with Crippen LogP contribution < -0.4 is 20.1 Å². The lowest BCUT2D eigenvalue weighted by molar-refractivity contribution is 0.240. The summed E-state index contributed by atoms with van der Waals surface area (Å²) in [5.74, 6) is 1.25. The molecule has 0 bridgehead atoms. The fourth-order valence-corrected chi connectivity index (χ4v) is 2.64. The molecule has 144 valence electrons. The van der Waals surface area contributed by atoms with Gasteiger partial charge in [-0.15, -0.1) is 0 Å². The smallest absolute Gasteiger partial charge is 0.315 e. The minimum Gasteiger partial charge on any atom is -0.493 e. The molecule has 0 fully saturated rings. The molecule has 2 aromatic heterocycles. The van der Waals surface area contributed by atoms with Crippen molar-refractivity contribution in [3.8, 4) is 22.8 Å². The molecule has 1 aromatic carbocycles. The van der Waals surface area contributed by atoms with Gasteiger partial charge in [0.25, 0.3) is 0 Å². The van der Waals surface area contributed by atoms with Gasteiger partial charge in [0.2, 0.25) is 0 Å². The molecule has 3 aromatic rings. The number of nitrogens with zero attached hydrogens (tertiary/aromatic N) is 3. The van der Waals surface area contributed by atoms with Crippen molar-refractivity contribution < 1.29 is 14.3 Å². The van der Waals surface area contributed by atoms with E-state index in [4.69, 9.17) is 9.47 Å². The van der Waals surface area contributed by atoms with E-state index < -0.39 is 0 Å². The van der Waals surface area contributed by atoms with Crippen LogP contribution >= 0.6 is 0 Å². The summed E-state index contributed by atoms with van der Waals surface area (Å²) in [4.78, 5) is 25.0. The Kier molecular flexibility index (Phi) is 6.35. The standard InChI is InChI=1S/C20H21N5O3/c1-27-17-6-5-14(10-18(17)28-2)11-24-20(26)25-13-16-19(23-9-8-22-16)15-4-3-7-21-12-15/h3-10,12H,11,13H2,1-2H3,(H2,24,25,26). The molecular formula is C20H21N5O3. The first kappa shape index (κ1) is 19.1. The SMILES string of the molecule is COc1ccc(CNC(=O)NCc2nccnc2-c2cccnc2)cc1OC. The number of hydrogen-bond donors (Lipinski definition) is 2. The molecular weight excluding hydrogens is 358 g/mol. The first-order valence-electron chi connectivity index (χ1n) is 8.64. The number of ether oxygens (including phenoxy) is 2. The second-order valence-corrected chi connectivity index (χ2v) is 5.82. The Balaban J connectivity index is 1.58. The number of benzene rings is 1. The fourth-order valence-electron chi connectivity index (χ4n) is 2.64. The highest BCUT2D eigenvalue weighted by atomic mass is 16.5. The zero-order valence-corrected chi connectivity index (χ0v) is 15.7. The number of nitrogens with one attached hydrogen (secondary N) is 2. The predicted molar refractivity (Wildman–Crippen MR) is 104 cm³/mol. The number of methoxy groups -OCH3 is 2. The highest BCUT2D eigenvalue weighted by Crippen LogP contribution is 2.27. The predicted octanol–water partition coefficient (Wildman–Crippen LogP) is 2.56. The van der Waals surface area contributed by atoms with Crippen LogP contribution in [0.2, 0.25) is 0 Å². The Labute approximate surface area is 163 Å². The van der Waals surface area contributed by atoms with E-state index in [-0.39, 0.29) is 12.6 Å². The molecule has 28 heavy (non-hydrogen) atoms. The third-order valence-electron chi connectivity index (χ3n) is 4.03. The van der Waals surface area contributed by atoms with E-state index in [0.29, 0.717) is 29.4 Å². The van der Waals surface area contributed by atoms with Gasteiger partial charge in [0, 0.05) is 36.9 Å². The summed E-state index contributed by atoms with van der Waals surface area (Å²) in [6, 6.07) is 8.91. The average molecular weight is 379 g/mol. The van der Waals surface area contributed by atoms with Crippen molar-refractivity contribution in [2.24, 2.45) is 0 Å². The molecule has 0 saturated heterocycles. The van der Waals surface area contributed by atoms with Gasteiger partial charge in [0.15, 0.2) is 11.5 Å². The van der Waals surface area contributed by atoms with E-state index in [2.05, 4.69) is 25.6 Å². The van der Waals surface area contributed by atoms with Gasteiger partial charge in [0.05, 0.1) is 32.2 Å². The quantitative estimate of drug-likeness (QED) is 0.655. The van der Waals surface area contributed by atoms with Gasteiger partial charge >= 0.3 is 6.03 Å². The van der Waals surface area contributed by atoms with Gasteiger partial charge < -0.3 is 20.1 Å². The van der Waals surface area contributed by atoms with Gasteiger partial charge in [-0.3, -0.25) is 15.0 Å². The van der Waals surface area contributed by atoms with Crippen LogP contribution in [-0.4, -0.2) is 35.2 Å². The topological polar surface area (TPSA) is 98.3 Å². The third-order valence-corrected chi connectivity index (χ3v) is 4.03. The maximum Gasteiger partial charge on any atom is 0.315 e. The van der Waals surface area contributed by atoms with E-state index in [1.165, 1.54) is 0 Å². The molecule has 2 heterocycles. The van der Waals surface area contributed by atoms with Crippen molar-refractivity contribution in [3.05, 3.63) is 66.4 Å². The monoisotopic (exact) mass is 379 g/mol. The number of aromatic nitrogens is 3. The minimum atomic E-state index is -0.308. The van der Waals surface area contributed by atoms with Crippen LogP contribution in [0.1, 0.15) is 11.3 Å². The Hall–Kier alpha value is -3.68. The van der Waals surface area contributed by atoms with Gasteiger partial charge in [-0.1, -0.05) is 6.07 Å². The lowest BCUT2D eigenvalue weighted by atomic mass is 10.1. The van der Waals surface area contributed by atoms with Crippen LogP contribution in [0.5, 0.6) is 11.5 Å². The largest absolute Gasteiger partial charge is 0.493 e. The van der Waals surface area contributed by atoms with Crippen LogP contribution in [0.25, 0.3) is 11.3 Å². The van der Waals surface area contributed by atoms with Crippen LogP contribution in [0, 0.1) is 0 Å². The molecule has 8 heteroatoms.